The molecule has 0 saturated heterocycles. The van der Waals surface area contributed by atoms with Crippen LogP contribution in [-0.4, -0.2) is 44.7 Å². The second-order valence-corrected chi connectivity index (χ2v) is 4.83. The van der Waals surface area contributed by atoms with Crippen LogP contribution in [0.3, 0.4) is 0 Å². The van der Waals surface area contributed by atoms with E-state index in [-0.39, 0.29) is 19.0 Å². The molecule has 1 unspecified atom stereocenters. The Morgan fingerprint density at radius 2 is 1.95 bits per heavy atom. The van der Waals surface area contributed by atoms with Crippen LogP contribution in [0.4, 0.5) is 5.69 Å². The topological polar surface area (TPSA) is 95.1 Å². The number of carbonyl (C=O) groups excluding carboxylic acids is 2. The minimum atomic E-state index is -0.418. The Labute approximate surface area is 123 Å². The van der Waals surface area contributed by atoms with Gasteiger partial charge in [-0.05, 0) is 19.1 Å². The molecular formula is C14H20N3O4+. The van der Waals surface area contributed by atoms with Crippen LogP contribution in [-0.2, 0) is 9.59 Å². The number of primary amides is 1. The number of rotatable bonds is 6. The summed E-state index contributed by atoms with van der Waals surface area (Å²) in [5.41, 5.74) is 5.79. The lowest BCUT2D eigenvalue weighted by atomic mass is 10.2. The van der Waals surface area contributed by atoms with E-state index in [1.807, 2.05) is 6.92 Å². The number of anilines is 1. The molecule has 114 valence electrons. The Morgan fingerprint density at radius 1 is 1.24 bits per heavy atom. The third-order valence-electron chi connectivity index (χ3n) is 3.16. The Hall–Kier alpha value is -2.28. The number of hydrogen-bond donors (Lipinski definition) is 3. The van der Waals surface area contributed by atoms with Crippen molar-refractivity contribution in [3.8, 4) is 11.5 Å². The molecular weight excluding hydrogens is 274 g/mol. The number of likely N-dealkylation sites (N-methyl/N-ethyl adjacent to an activating group) is 1. The van der Waals surface area contributed by atoms with E-state index in [0.29, 0.717) is 36.9 Å². The minimum absolute atomic E-state index is 0.144. The summed E-state index contributed by atoms with van der Waals surface area (Å²) in [5.74, 6) is 0.702. The second-order valence-electron chi connectivity index (χ2n) is 4.83. The van der Waals surface area contributed by atoms with Gasteiger partial charge < -0.3 is 25.4 Å². The molecule has 7 nitrogen and oxygen atoms in total. The summed E-state index contributed by atoms with van der Waals surface area (Å²) in [6.45, 7) is 3.91. The van der Waals surface area contributed by atoms with Crippen LogP contribution in [0.5, 0.6) is 11.5 Å². The molecule has 2 amide bonds. The number of ether oxygens (including phenoxy) is 2. The Balaban J connectivity index is 1.94. The predicted octanol–water partition coefficient (Wildman–Crippen LogP) is -1.21. The summed E-state index contributed by atoms with van der Waals surface area (Å²) < 4.78 is 10.9. The molecule has 1 heterocycles. The van der Waals surface area contributed by atoms with Gasteiger partial charge in [0.05, 0.1) is 6.54 Å². The quantitative estimate of drug-likeness (QED) is 0.613. The normalized spacial score (nSPS) is 14.3. The van der Waals surface area contributed by atoms with Gasteiger partial charge in [0.1, 0.15) is 13.2 Å². The lowest BCUT2D eigenvalue weighted by Crippen LogP contribution is -3.13. The Morgan fingerprint density at radius 3 is 2.62 bits per heavy atom. The number of amides is 2. The average molecular weight is 294 g/mol. The maximum Gasteiger partial charge on any atom is 0.279 e. The van der Waals surface area contributed by atoms with Crippen molar-refractivity contribution in [3.63, 3.8) is 0 Å². The number of carbonyl (C=O) groups is 2. The zero-order chi connectivity index (χ0) is 15.2. The van der Waals surface area contributed by atoms with E-state index in [1.54, 1.807) is 18.2 Å². The average Bonchev–Trinajstić information content (AvgIpc) is 2.45. The zero-order valence-corrected chi connectivity index (χ0v) is 12.0. The molecule has 1 aromatic carbocycles. The fraction of sp³-hybridized carbons (Fsp3) is 0.429. The third kappa shape index (κ3) is 4.35. The van der Waals surface area contributed by atoms with Crippen LogP contribution >= 0.6 is 0 Å². The van der Waals surface area contributed by atoms with Crippen LogP contribution in [0.1, 0.15) is 6.92 Å². The van der Waals surface area contributed by atoms with E-state index in [1.165, 1.54) is 0 Å². The molecule has 1 aliphatic rings. The molecule has 0 aromatic heterocycles. The van der Waals surface area contributed by atoms with Gasteiger partial charge in [0.15, 0.2) is 24.6 Å². The van der Waals surface area contributed by atoms with Gasteiger partial charge >= 0.3 is 0 Å². The molecule has 1 atom stereocenters. The van der Waals surface area contributed by atoms with Gasteiger partial charge in [0, 0.05) is 11.8 Å². The van der Waals surface area contributed by atoms with E-state index in [9.17, 15) is 9.59 Å². The fourth-order valence-corrected chi connectivity index (χ4v) is 2.11. The number of quaternary nitrogens is 1. The molecule has 21 heavy (non-hydrogen) atoms. The highest BCUT2D eigenvalue weighted by Gasteiger charge is 2.16. The van der Waals surface area contributed by atoms with E-state index in [2.05, 4.69) is 5.32 Å². The summed E-state index contributed by atoms with van der Waals surface area (Å²) in [7, 11) is 0. The van der Waals surface area contributed by atoms with Gasteiger partial charge in [-0.25, -0.2) is 0 Å². The van der Waals surface area contributed by atoms with Crippen LogP contribution in [0.2, 0.25) is 0 Å². The van der Waals surface area contributed by atoms with E-state index >= 15 is 0 Å². The van der Waals surface area contributed by atoms with Crippen molar-refractivity contribution in [1.29, 1.82) is 0 Å². The highest BCUT2D eigenvalue weighted by molar-refractivity contribution is 5.92. The fourth-order valence-electron chi connectivity index (χ4n) is 2.11. The monoisotopic (exact) mass is 294 g/mol. The van der Waals surface area contributed by atoms with Crippen LogP contribution in [0.25, 0.3) is 0 Å². The molecule has 0 spiro atoms. The van der Waals surface area contributed by atoms with Crippen molar-refractivity contribution < 1.29 is 24.0 Å². The summed E-state index contributed by atoms with van der Waals surface area (Å²) in [6, 6.07) is 5.25. The van der Waals surface area contributed by atoms with Gasteiger partial charge in [-0.1, -0.05) is 0 Å². The van der Waals surface area contributed by atoms with Crippen molar-refractivity contribution in [2.24, 2.45) is 5.73 Å². The van der Waals surface area contributed by atoms with Gasteiger partial charge in [-0.2, -0.15) is 0 Å². The Bertz CT molecular complexity index is 533. The number of benzene rings is 1. The van der Waals surface area contributed by atoms with Crippen LogP contribution in [0.15, 0.2) is 18.2 Å². The SMILES string of the molecule is CC[NH+](CC(N)=O)CC(=O)Nc1ccc2c(c1)OCCO2. The highest BCUT2D eigenvalue weighted by atomic mass is 16.6. The number of nitrogens with one attached hydrogen (secondary N) is 2. The van der Waals surface area contributed by atoms with Crippen molar-refractivity contribution in [2.45, 2.75) is 6.92 Å². The van der Waals surface area contributed by atoms with E-state index in [0.717, 1.165) is 4.90 Å². The molecule has 0 aliphatic carbocycles. The van der Waals surface area contributed by atoms with Gasteiger partial charge in [0.25, 0.3) is 11.8 Å². The smallest absolute Gasteiger partial charge is 0.279 e. The summed E-state index contributed by atoms with van der Waals surface area (Å²) >= 11 is 0. The molecule has 0 saturated carbocycles. The summed E-state index contributed by atoms with van der Waals surface area (Å²) in [5, 5.41) is 2.78. The van der Waals surface area contributed by atoms with Gasteiger partial charge in [-0.3, -0.25) is 9.59 Å². The van der Waals surface area contributed by atoms with Crippen LogP contribution < -0.4 is 25.4 Å². The predicted molar refractivity (Wildman–Crippen MR) is 76.5 cm³/mol. The molecule has 1 aromatic rings. The maximum absolute atomic E-state index is 12.0. The maximum atomic E-state index is 12.0. The lowest BCUT2D eigenvalue weighted by Gasteiger charge is -2.19. The molecule has 0 radical (unpaired) electrons. The summed E-state index contributed by atoms with van der Waals surface area (Å²) in [6.07, 6.45) is 0. The molecule has 2 rings (SSSR count). The van der Waals surface area contributed by atoms with Gasteiger partial charge in [-0.15, -0.1) is 0 Å². The second kappa shape index (κ2) is 6.94. The highest BCUT2D eigenvalue weighted by Crippen LogP contribution is 2.32. The Kier molecular flexibility index (Phi) is 4.99. The first-order chi connectivity index (χ1) is 10.1. The van der Waals surface area contributed by atoms with Crippen LogP contribution in [0, 0.1) is 0 Å². The van der Waals surface area contributed by atoms with E-state index in [4.69, 9.17) is 15.2 Å². The van der Waals surface area contributed by atoms with Crippen molar-refractivity contribution in [2.75, 3.05) is 38.2 Å². The third-order valence-corrected chi connectivity index (χ3v) is 3.16. The first kappa shape index (κ1) is 15.1. The van der Waals surface area contributed by atoms with Crippen molar-refractivity contribution in [1.82, 2.24) is 0 Å². The van der Waals surface area contributed by atoms with E-state index < -0.39 is 5.91 Å². The largest absolute Gasteiger partial charge is 0.486 e. The summed E-state index contributed by atoms with van der Waals surface area (Å²) in [4.78, 5) is 23.7. The van der Waals surface area contributed by atoms with Crippen molar-refractivity contribution in [3.05, 3.63) is 18.2 Å². The molecule has 0 fully saturated rings. The first-order valence-corrected chi connectivity index (χ1v) is 6.90. The number of nitrogens with two attached hydrogens (primary N) is 1. The zero-order valence-electron chi connectivity index (χ0n) is 12.0. The minimum Gasteiger partial charge on any atom is -0.486 e. The number of fused-ring (bicyclic) bond motifs is 1. The molecule has 0 bridgehead atoms. The number of hydrogen-bond acceptors (Lipinski definition) is 4. The standard InChI is InChI=1S/C14H19N3O4/c1-2-17(8-13(15)18)9-14(19)16-10-3-4-11-12(7-10)21-6-5-20-11/h3-4,7H,2,5-6,8-9H2,1H3,(H2,15,18)(H,16,19)/p+1. The molecule has 1 aliphatic heterocycles. The molecule has 7 heteroatoms. The van der Waals surface area contributed by atoms with Crippen molar-refractivity contribution >= 4 is 17.5 Å². The first-order valence-electron chi connectivity index (χ1n) is 6.90. The lowest BCUT2D eigenvalue weighted by molar-refractivity contribution is -0.881. The van der Waals surface area contributed by atoms with Gasteiger partial charge in [0.2, 0.25) is 0 Å². The molecule has 4 N–H and O–H groups in total.